The molecule has 1 aliphatic heterocycles. The Labute approximate surface area is 149 Å². The highest BCUT2D eigenvalue weighted by molar-refractivity contribution is 7.22. The Morgan fingerprint density at radius 1 is 1.56 bits per heavy atom. The van der Waals surface area contributed by atoms with E-state index in [2.05, 4.69) is 26.9 Å². The van der Waals surface area contributed by atoms with Crippen LogP contribution in [0.25, 0.3) is 10.2 Å². The number of carbonyl (C=O) groups excluding carboxylic acids is 1. The molecule has 1 amide bonds. The Hall–Kier alpha value is -2.09. The lowest BCUT2D eigenvalue weighted by Crippen LogP contribution is -2.36. The van der Waals surface area contributed by atoms with Crippen LogP contribution in [-0.4, -0.2) is 48.4 Å². The number of nitrogens with zero attached hydrogens (tertiary/aromatic N) is 4. The minimum atomic E-state index is -1.01. The van der Waals surface area contributed by atoms with Crippen LogP contribution in [0.15, 0.2) is 17.3 Å². The summed E-state index contributed by atoms with van der Waals surface area (Å²) in [6.07, 6.45) is 3.19. The minimum Gasteiger partial charge on any atom is -0.348 e. The summed E-state index contributed by atoms with van der Waals surface area (Å²) < 4.78 is 13.9. The molecule has 1 N–H and O–H groups in total. The van der Waals surface area contributed by atoms with Gasteiger partial charge in [0.15, 0.2) is 10.9 Å². The van der Waals surface area contributed by atoms with Gasteiger partial charge in [-0.05, 0) is 38.0 Å². The molecule has 2 aliphatic rings. The van der Waals surface area contributed by atoms with Crippen molar-refractivity contribution in [1.82, 2.24) is 9.97 Å². The molecular formula is C17H20FN5OS. The van der Waals surface area contributed by atoms with E-state index in [9.17, 15) is 9.18 Å². The van der Waals surface area contributed by atoms with Crippen LogP contribution in [0.5, 0.6) is 0 Å². The van der Waals surface area contributed by atoms with Crippen molar-refractivity contribution in [2.75, 3.05) is 29.9 Å². The van der Waals surface area contributed by atoms with Crippen molar-refractivity contribution in [3.63, 3.8) is 0 Å². The fraction of sp³-hybridized carbons (Fsp3) is 0.529. The third-order valence-corrected chi connectivity index (χ3v) is 5.90. The number of fused-ring (bicyclic) bond motifs is 1. The first-order valence-electron chi connectivity index (χ1n) is 8.53. The monoisotopic (exact) mass is 361 g/mol. The molecule has 3 heterocycles. The minimum absolute atomic E-state index is 0.294. The van der Waals surface area contributed by atoms with Gasteiger partial charge in [0.25, 0.3) is 0 Å². The average molecular weight is 361 g/mol. The van der Waals surface area contributed by atoms with Gasteiger partial charge in [-0.15, -0.1) is 0 Å². The van der Waals surface area contributed by atoms with Crippen LogP contribution in [0.3, 0.4) is 0 Å². The van der Waals surface area contributed by atoms with Crippen LogP contribution in [0.4, 0.5) is 15.3 Å². The molecule has 2 aromatic heterocycles. The summed E-state index contributed by atoms with van der Waals surface area (Å²) in [5.74, 6) is 0.162. The van der Waals surface area contributed by atoms with Crippen LogP contribution in [0.1, 0.15) is 19.3 Å². The second-order valence-corrected chi connectivity index (χ2v) is 7.69. The van der Waals surface area contributed by atoms with Crippen molar-refractivity contribution in [3.8, 4) is 0 Å². The molecule has 4 rings (SSSR count). The van der Waals surface area contributed by atoms with E-state index >= 15 is 0 Å². The van der Waals surface area contributed by atoms with Gasteiger partial charge in [0.05, 0.1) is 16.1 Å². The van der Waals surface area contributed by atoms with E-state index in [-0.39, 0.29) is 5.91 Å². The van der Waals surface area contributed by atoms with Crippen LogP contribution in [0, 0.1) is 11.8 Å². The quantitative estimate of drug-likeness (QED) is 0.832. The number of alkyl halides is 1. The van der Waals surface area contributed by atoms with E-state index < -0.39 is 12.1 Å². The summed E-state index contributed by atoms with van der Waals surface area (Å²) in [6.45, 7) is 6.25. The van der Waals surface area contributed by atoms with Crippen LogP contribution in [0.2, 0.25) is 0 Å². The van der Waals surface area contributed by atoms with E-state index in [0.29, 0.717) is 18.2 Å². The first kappa shape index (κ1) is 16.4. The average Bonchev–Trinajstić information content (AvgIpc) is 3.18. The molecule has 0 aromatic carbocycles. The fourth-order valence-corrected chi connectivity index (χ4v) is 4.32. The number of halogens is 1. The highest BCUT2D eigenvalue weighted by Crippen LogP contribution is 2.37. The number of nitrogens with one attached hydrogen (secondary N) is 1. The Bertz CT molecular complexity index is 809. The van der Waals surface area contributed by atoms with Gasteiger partial charge in [0.2, 0.25) is 5.91 Å². The van der Waals surface area contributed by atoms with E-state index in [0.717, 1.165) is 47.8 Å². The van der Waals surface area contributed by atoms with Gasteiger partial charge in [0.1, 0.15) is 6.17 Å². The lowest BCUT2D eigenvalue weighted by atomic mass is 9.99. The van der Waals surface area contributed by atoms with Gasteiger partial charge in [-0.25, -0.2) is 14.4 Å². The molecule has 1 aliphatic carbocycles. The maximum atomic E-state index is 13.1. The number of rotatable bonds is 5. The van der Waals surface area contributed by atoms with Crippen molar-refractivity contribution in [1.29, 1.82) is 0 Å². The number of piperidine rings is 1. The molecule has 25 heavy (non-hydrogen) atoms. The van der Waals surface area contributed by atoms with Gasteiger partial charge in [0, 0.05) is 25.8 Å². The van der Waals surface area contributed by atoms with Gasteiger partial charge in [-0.1, -0.05) is 11.3 Å². The van der Waals surface area contributed by atoms with Crippen molar-refractivity contribution in [3.05, 3.63) is 12.3 Å². The van der Waals surface area contributed by atoms with E-state index in [1.165, 1.54) is 11.3 Å². The number of thiazole rings is 1. The molecule has 2 aromatic rings. The standard InChI is InChI=1S/C17H20FN5OS/c1-19-8-10-3-2-6-23(9-10)17-21-13-4-5-20-15(14(13)25-17)22-16(24)11-7-12(11)18/h4-5,10-12H,1-3,6-9H2,(H,20,22,24). The summed E-state index contributed by atoms with van der Waals surface area (Å²) in [6, 6.07) is 1.84. The van der Waals surface area contributed by atoms with Crippen molar-refractivity contribution < 1.29 is 9.18 Å². The largest absolute Gasteiger partial charge is 0.348 e. The zero-order valence-electron chi connectivity index (χ0n) is 13.8. The molecule has 6 nitrogen and oxygen atoms in total. The highest BCUT2D eigenvalue weighted by Gasteiger charge is 2.43. The molecule has 3 unspecified atom stereocenters. The number of pyridine rings is 1. The predicted octanol–water partition coefficient (Wildman–Crippen LogP) is 2.90. The Morgan fingerprint density at radius 2 is 2.40 bits per heavy atom. The zero-order chi connectivity index (χ0) is 17.4. The van der Waals surface area contributed by atoms with Crippen LogP contribution >= 0.6 is 11.3 Å². The molecule has 0 spiro atoms. The van der Waals surface area contributed by atoms with E-state index in [1.54, 1.807) is 6.20 Å². The lowest BCUT2D eigenvalue weighted by molar-refractivity contribution is -0.117. The molecule has 2 fully saturated rings. The summed E-state index contributed by atoms with van der Waals surface area (Å²) in [5.41, 5.74) is 0.807. The maximum absolute atomic E-state index is 13.1. The summed E-state index contributed by atoms with van der Waals surface area (Å²) >= 11 is 1.52. The molecule has 3 atom stereocenters. The Morgan fingerprint density at radius 3 is 3.16 bits per heavy atom. The molecule has 1 saturated heterocycles. The van der Waals surface area contributed by atoms with Gasteiger partial charge in [-0.2, -0.15) is 0 Å². The molecule has 132 valence electrons. The smallest absolute Gasteiger partial charge is 0.231 e. The second-order valence-electron chi connectivity index (χ2n) is 6.71. The molecule has 1 saturated carbocycles. The molecule has 8 heteroatoms. The number of carbonyl (C=O) groups is 1. The third-order valence-electron chi connectivity index (χ3n) is 4.76. The lowest BCUT2D eigenvalue weighted by Gasteiger charge is -2.31. The maximum Gasteiger partial charge on any atom is 0.231 e. The normalized spacial score (nSPS) is 25.8. The number of aromatic nitrogens is 2. The summed E-state index contributed by atoms with van der Waals surface area (Å²) in [5, 5.41) is 3.69. The number of amides is 1. The van der Waals surface area contributed by atoms with Crippen molar-refractivity contribution in [2.45, 2.75) is 25.4 Å². The van der Waals surface area contributed by atoms with Gasteiger partial charge < -0.3 is 15.2 Å². The van der Waals surface area contributed by atoms with Crippen LogP contribution < -0.4 is 10.2 Å². The first-order valence-corrected chi connectivity index (χ1v) is 9.35. The number of hydrogen-bond acceptors (Lipinski definition) is 6. The van der Waals surface area contributed by atoms with E-state index in [4.69, 9.17) is 4.98 Å². The summed E-state index contributed by atoms with van der Waals surface area (Å²) in [4.78, 5) is 27.3. The van der Waals surface area contributed by atoms with Crippen molar-refractivity contribution in [2.24, 2.45) is 16.8 Å². The molecular weight excluding hydrogens is 341 g/mol. The van der Waals surface area contributed by atoms with Crippen LogP contribution in [-0.2, 0) is 4.79 Å². The number of hydrogen-bond donors (Lipinski definition) is 1. The SMILES string of the molecule is C=NCC1CCCN(c2nc3ccnc(NC(=O)C4CC4F)c3s2)C1. The number of anilines is 2. The summed E-state index contributed by atoms with van der Waals surface area (Å²) in [7, 11) is 0. The van der Waals surface area contributed by atoms with Gasteiger partial charge in [-0.3, -0.25) is 4.79 Å². The highest BCUT2D eigenvalue weighted by atomic mass is 32.1. The third kappa shape index (κ3) is 3.35. The predicted molar refractivity (Wildman–Crippen MR) is 98.4 cm³/mol. The zero-order valence-corrected chi connectivity index (χ0v) is 14.6. The topological polar surface area (TPSA) is 70.5 Å². The van der Waals surface area contributed by atoms with Gasteiger partial charge >= 0.3 is 0 Å². The first-order chi connectivity index (χ1) is 12.2. The molecule has 0 bridgehead atoms. The van der Waals surface area contributed by atoms with Crippen molar-refractivity contribution >= 4 is 45.1 Å². The second kappa shape index (κ2) is 6.67. The Kier molecular flexibility index (Phi) is 4.37. The fourth-order valence-electron chi connectivity index (χ4n) is 3.28. The Balaban J connectivity index is 1.56. The van der Waals surface area contributed by atoms with E-state index in [1.807, 2.05) is 6.07 Å². The number of aliphatic imine (C=N–C) groups is 1. The molecule has 0 radical (unpaired) electrons.